The van der Waals surface area contributed by atoms with E-state index >= 15 is 0 Å². The number of nitrogens with one attached hydrogen (secondary N) is 1. The zero-order chi connectivity index (χ0) is 16.9. The number of aromatic nitrogens is 4. The van der Waals surface area contributed by atoms with Gasteiger partial charge in [0.05, 0.1) is 24.1 Å². The van der Waals surface area contributed by atoms with Crippen molar-refractivity contribution in [1.82, 2.24) is 30.2 Å². The molecule has 1 fully saturated rings. The molecule has 0 radical (unpaired) electrons. The molecule has 8 heteroatoms. The molecule has 0 spiro atoms. The lowest BCUT2D eigenvalue weighted by Crippen LogP contribution is -2.25. The molecule has 0 saturated carbocycles. The van der Waals surface area contributed by atoms with Crippen molar-refractivity contribution in [3.05, 3.63) is 35.9 Å². The predicted molar refractivity (Wildman–Crippen MR) is 87.1 cm³/mol. The smallest absolute Gasteiger partial charge is 0.217 e. The summed E-state index contributed by atoms with van der Waals surface area (Å²) >= 11 is 0. The first-order chi connectivity index (χ1) is 11.6. The number of carbonyl (C=O) groups is 1. The van der Waals surface area contributed by atoms with Crippen molar-refractivity contribution in [2.24, 2.45) is 7.05 Å². The average Bonchev–Trinajstić information content (AvgIpc) is 3.15. The van der Waals surface area contributed by atoms with Gasteiger partial charge in [-0.3, -0.25) is 14.7 Å². The Labute approximate surface area is 140 Å². The molecular formula is C16H22N6O2. The normalized spacial score (nSPS) is 17.8. The average molecular weight is 330 g/mol. The van der Waals surface area contributed by atoms with E-state index in [9.17, 15) is 4.79 Å². The van der Waals surface area contributed by atoms with Crippen LogP contribution in [0.5, 0.6) is 5.75 Å². The highest BCUT2D eigenvalue weighted by molar-refractivity contribution is 5.72. The third-order valence-corrected chi connectivity index (χ3v) is 3.87. The van der Waals surface area contributed by atoms with Crippen molar-refractivity contribution in [3.63, 3.8) is 0 Å². The molecule has 24 heavy (non-hydrogen) atoms. The molecule has 2 aromatic rings. The number of hydrogen-bond donors (Lipinski definition) is 1. The van der Waals surface area contributed by atoms with Gasteiger partial charge in [0.2, 0.25) is 5.91 Å². The summed E-state index contributed by atoms with van der Waals surface area (Å²) in [6.07, 6.45) is 4.63. The highest BCUT2D eigenvalue weighted by Gasteiger charge is 2.24. The van der Waals surface area contributed by atoms with Crippen LogP contribution in [-0.2, 0) is 24.9 Å². The lowest BCUT2D eigenvalue weighted by atomic mass is 10.3. The molecule has 0 aromatic carbocycles. The number of pyridine rings is 1. The second-order valence-corrected chi connectivity index (χ2v) is 5.98. The zero-order valence-electron chi connectivity index (χ0n) is 14.0. The standard InChI is InChI=1S/C16H22N6O2/c1-12(23)18-8-13-7-15(3-5-17-13)24-16-4-6-22(11-16)10-14-9-19-21(2)20-14/h3,5,7,9,16H,4,6,8,10-11H2,1-2H3,(H,18,23). The van der Waals surface area contributed by atoms with Crippen LogP contribution in [0.15, 0.2) is 24.5 Å². The van der Waals surface area contributed by atoms with E-state index in [1.165, 1.54) is 6.92 Å². The monoisotopic (exact) mass is 330 g/mol. The van der Waals surface area contributed by atoms with E-state index in [4.69, 9.17) is 4.74 Å². The van der Waals surface area contributed by atoms with Gasteiger partial charge in [0.1, 0.15) is 11.9 Å². The first-order valence-corrected chi connectivity index (χ1v) is 8.02. The van der Waals surface area contributed by atoms with Crippen molar-refractivity contribution < 1.29 is 9.53 Å². The van der Waals surface area contributed by atoms with Crippen LogP contribution in [0.4, 0.5) is 0 Å². The third kappa shape index (κ3) is 4.51. The number of likely N-dealkylation sites (tertiary alicyclic amines) is 1. The molecular weight excluding hydrogens is 308 g/mol. The lowest BCUT2D eigenvalue weighted by molar-refractivity contribution is -0.119. The van der Waals surface area contributed by atoms with Gasteiger partial charge in [-0.2, -0.15) is 15.0 Å². The lowest BCUT2D eigenvalue weighted by Gasteiger charge is -2.16. The van der Waals surface area contributed by atoms with Crippen molar-refractivity contribution in [2.45, 2.75) is 32.5 Å². The highest BCUT2D eigenvalue weighted by Crippen LogP contribution is 2.19. The summed E-state index contributed by atoms with van der Waals surface area (Å²) in [5, 5.41) is 11.1. The number of hydrogen-bond acceptors (Lipinski definition) is 6. The molecule has 0 bridgehead atoms. The largest absolute Gasteiger partial charge is 0.489 e. The molecule has 3 rings (SSSR count). The minimum absolute atomic E-state index is 0.0708. The van der Waals surface area contributed by atoms with Crippen molar-refractivity contribution in [2.75, 3.05) is 13.1 Å². The fourth-order valence-electron chi connectivity index (χ4n) is 2.76. The number of aryl methyl sites for hydroxylation is 1. The van der Waals surface area contributed by atoms with Crippen molar-refractivity contribution in [1.29, 1.82) is 0 Å². The van der Waals surface area contributed by atoms with Gasteiger partial charge in [0, 0.05) is 45.9 Å². The predicted octanol–water partition coefficient (Wildman–Crippen LogP) is 0.500. The van der Waals surface area contributed by atoms with E-state index < -0.39 is 0 Å². The van der Waals surface area contributed by atoms with Crippen LogP contribution in [0, 0.1) is 0 Å². The van der Waals surface area contributed by atoms with Gasteiger partial charge < -0.3 is 10.1 Å². The maximum Gasteiger partial charge on any atom is 0.217 e. The molecule has 1 saturated heterocycles. The second kappa shape index (κ2) is 7.39. The molecule has 0 aliphatic carbocycles. The fourth-order valence-corrected chi connectivity index (χ4v) is 2.76. The number of rotatable bonds is 6. The van der Waals surface area contributed by atoms with Crippen LogP contribution >= 0.6 is 0 Å². The molecule has 128 valence electrons. The quantitative estimate of drug-likeness (QED) is 0.830. The first kappa shape index (κ1) is 16.4. The van der Waals surface area contributed by atoms with Gasteiger partial charge in [-0.05, 0) is 12.5 Å². The van der Waals surface area contributed by atoms with E-state index in [0.717, 1.165) is 43.2 Å². The maximum absolute atomic E-state index is 11.0. The summed E-state index contributed by atoms with van der Waals surface area (Å²) in [7, 11) is 1.82. The van der Waals surface area contributed by atoms with Crippen LogP contribution in [0.25, 0.3) is 0 Å². The number of ether oxygens (including phenoxy) is 1. The fraction of sp³-hybridized carbons (Fsp3) is 0.500. The SMILES string of the molecule is CC(=O)NCc1cc(OC2CCN(Cc3cnn(C)n3)C2)ccn1. The Balaban J connectivity index is 1.51. The van der Waals surface area contributed by atoms with Gasteiger partial charge in [-0.15, -0.1) is 0 Å². The van der Waals surface area contributed by atoms with Gasteiger partial charge in [0.15, 0.2) is 0 Å². The van der Waals surface area contributed by atoms with Crippen molar-refractivity contribution in [3.8, 4) is 5.75 Å². The van der Waals surface area contributed by atoms with E-state index in [0.29, 0.717) is 6.54 Å². The van der Waals surface area contributed by atoms with E-state index in [1.807, 2.05) is 19.2 Å². The van der Waals surface area contributed by atoms with Crippen LogP contribution in [0.1, 0.15) is 24.7 Å². The topological polar surface area (TPSA) is 85.2 Å². The van der Waals surface area contributed by atoms with Crippen LogP contribution < -0.4 is 10.1 Å². The Hall–Kier alpha value is -2.48. The Morgan fingerprint density at radius 2 is 2.33 bits per heavy atom. The molecule has 2 aromatic heterocycles. The Morgan fingerprint density at radius 1 is 1.46 bits per heavy atom. The molecule has 1 amide bonds. The Morgan fingerprint density at radius 3 is 3.08 bits per heavy atom. The minimum Gasteiger partial charge on any atom is -0.489 e. The summed E-state index contributed by atoms with van der Waals surface area (Å²) in [6, 6.07) is 3.73. The van der Waals surface area contributed by atoms with E-state index in [2.05, 4.69) is 25.4 Å². The van der Waals surface area contributed by atoms with Gasteiger partial charge in [0.25, 0.3) is 0 Å². The summed E-state index contributed by atoms with van der Waals surface area (Å²) in [5.41, 5.74) is 1.76. The minimum atomic E-state index is -0.0708. The third-order valence-electron chi connectivity index (χ3n) is 3.87. The molecule has 1 aliphatic heterocycles. The molecule has 8 nitrogen and oxygen atoms in total. The first-order valence-electron chi connectivity index (χ1n) is 8.02. The molecule has 1 unspecified atom stereocenters. The summed E-state index contributed by atoms with van der Waals surface area (Å²) in [4.78, 5) is 19.1. The van der Waals surface area contributed by atoms with Crippen LogP contribution in [0.2, 0.25) is 0 Å². The summed E-state index contributed by atoms with van der Waals surface area (Å²) in [6.45, 7) is 4.53. The van der Waals surface area contributed by atoms with E-state index in [1.54, 1.807) is 17.2 Å². The molecule has 1 atom stereocenters. The number of nitrogens with zero attached hydrogens (tertiary/aromatic N) is 5. The van der Waals surface area contributed by atoms with Crippen molar-refractivity contribution >= 4 is 5.91 Å². The summed E-state index contributed by atoms with van der Waals surface area (Å²) in [5.74, 6) is 0.718. The van der Waals surface area contributed by atoms with Gasteiger partial charge >= 0.3 is 0 Å². The van der Waals surface area contributed by atoms with Crippen LogP contribution in [0.3, 0.4) is 0 Å². The number of carbonyl (C=O) groups excluding carboxylic acids is 1. The van der Waals surface area contributed by atoms with E-state index in [-0.39, 0.29) is 12.0 Å². The highest BCUT2D eigenvalue weighted by atomic mass is 16.5. The Bertz CT molecular complexity index is 701. The van der Waals surface area contributed by atoms with Crippen LogP contribution in [-0.4, -0.2) is 50.0 Å². The molecule has 3 heterocycles. The van der Waals surface area contributed by atoms with Gasteiger partial charge in [-0.25, -0.2) is 0 Å². The molecule has 1 aliphatic rings. The second-order valence-electron chi connectivity index (χ2n) is 5.98. The molecule has 1 N–H and O–H groups in total. The zero-order valence-corrected chi connectivity index (χ0v) is 14.0. The summed E-state index contributed by atoms with van der Waals surface area (Å²) < 4.78 is 6.06. The maximum atomic E-state index is 11.0. The Kier molecular flexibility index (Phi) is 5.05. The number of amides is 1. The van der Waals surface area contributed by atoms with Gasteiger partial charge in [-0.1, -0.05) is 0 Å².